The summed E-state index contributed by atoms with van der Waals surface area (Å²) in [5.41, 5.74) is 7.32. The molecule has 8 heteroatoms. The molecular formula is C22H17N5O3. The van der Waals surface area contributed by atoms with Crippen LogP contribution in [-0.2, 0) is 4.79 Å². The number of pyridine rings is 2. The van der Waals surface area contributed by atoms with Crippen LogP contribution in [-0.4, -0.2) is 15.9 Å². The molecule has 8 nitrogen and oxygen atoms in total. The Balaban J connectivity index is 1.60. The standard InChI is InChI=1S/C22H17N5O3/c23-22(30)17(14-5-3-13(4-6-14)15-2-1-9-25-12-15)27-19-18(20(28)21(19)29)26-16-7-10-24-11-8-16/h1-12,17,27H,(H2,23,30)(H,24,26). The minimum atomic E-state index is -0.978. The fraction of sp³-hybridized carbons (Fsp3) is 0.0455. The van der Waals surface area contributed by atoms with E-state index in [9.17, 15) is 14.4 Å². The number of aromatic nitrogens is 2. The van der Waals surface area contributed by atoms with Crippen LogP contribution in [0.25, 0.3) is 11.1 Å². The number of benzene rings is 1. The number of amides is 1. The van der Waals surface area contributed by atoms with Crippen molar-refractivity contribution in [2.24, 2.45) is 5.73 Å². The molecule has 4 N–H and O–H groups in total. The number of nitrogens with one attached hydrogen (secondary N) is 2. The highest BCUT2D eigenvalue weighted by molar-refractivity contribution is 5.88. The predicted octanol–water partition coefficient (Wildman–Crippen LogP) is 2.12. The van der Waals surface area contributed by atoms with E-state index < -0.39 is 22.8 Å². The second-order valence-electron chi connectivity index (χ2n) is 6.61. The number of carbonyl (C=O) groups excluding carboxylic acids is 1. The summed E-state index contributed by atoms with van der Waals surface area (Å²) in [5, 5.41) is 5.71. The highest BCUT2D eigenvalue weighted by Crippen LogP contribution is 2.27. The Morgan fingerprint density at radius 1 is 0.833 bits per heavy atom. The maximum atomic E-state index is 12.1. The normalized spacial score (nSPS) is 11.7. The summed E-state index contributed by atoms with van der Waals surface area (Å²) < 4.78 is 0. The number of anilines is 3. The van der Waals surface area contributed by atoms with Crippen molar-refractivity contribution in [3.8, 4) is 11.1 Å². The van der Waals surface area contributed by atoms with Gasteiger partial charge >= 0.3 is 0 Å². The van der Waals surface area contributed by atoms with Gasteiger partial charge in [-0.2, -0.15) is 0 Å². The van der Waals surface area contributed by atoms with Crippen molar-refractivity contribution in [1.29, 1.82) is 0 Å². The van der Waals surface area contributed by atoms with Gasteiger partial charge in [0.2, 0.25) is 5.91 Å². The minimum absolute atomic E-state index is 0.0250. The molecule has 0 aliphatic rings. The molecule has 0 spiro atoms. The van der Waals surface area contributed by atoms with E-state index in [1.807, 2.05) is 24.3 Å². The molecule has 0 aliphatic heterocycles. The maximum Gasteiger partial charge on any atom is 0.253 e. The first kappa shape index (κ1) is 19.0. The third kappa shape index (κ3) is 3.66. The first-order valence-electron chi connectivity index (χ1n) is 9.11. The van der Waals surface area contributed by atoms with Crippen LogP contribution in [0.1, 0.15) is 11.6 Å². The number of carbonyl (C=O) groups is 1. The van der Waals surface area contributed by atoms with Crippen molar-refractivity contribution in [1.82, 2.24) is 9.97 Å². The Bertz CT molecular complexity index is 1250. The van der Waals surface area contributed by atoms with Gasteiger partial charge in [-0.1, -0.05) is 30.3 Å². The van der Waals surface area contributed by atoms with Crippen molar-refractivity contribution in [2.45, 2.75) is 6.04 Å². The molecule has 30 heavy (non-hydrogen) atoms. The number of nitrogens with zero attached hydrogens (tertiary/aromatic N) is 2. The van der Waals surface area contributed by atoms with Gasteiger partial charge in [0.15, 0.2) is 0 Å². The van der Waals surface area contributed by atoms with E-state index in [4.69, 9.17) is 5.73 Å². The fourth-order valence-electron chi connectivity index (χ4n) is 3.09. The molecule has 0 fully saturated rings. The molecule has 2 aromatic heterocycles. The summed E-state index contributed by atoms with van der Waals surface area (Å²) in [5.74, 6) is -0.674. The molecule has 1 atom stereocenters. The fourth-order valence-corrected chi connectivity index (χ4v) is 3.09. The van der Waals surface area contributed by atoms with Crippen LogP contribution in [0.15, 0.2) is 82.9 Å². The Hall–Kier alpha value is -4.33. The molecule has 1 amide bonds. The first-order valence-corrected chi connectivity index (χ1v) is 9.11. The van der Waals surface area contributed by atoms with Gasteiger partial charge in [0.05, 0.1) is 0 Å². The van der Waals surface area contributed by atoms with Crippen molar-refractivity contribution >= 4 is 23.0 Å². The van der Waals surface area contributed by atoms with Gasteiger partial charge in [0.1, 0.15) is 17.4 Å². The number of nitrogens with two attached hydrogens (primary N) is 1. The van der Waals surface area contributed by atoms with E-state index in [0.29, 0.717) is 11.3 Å². The Labute approximate surface area is 171 Å². The second-order valence-corrected chi connectivity index (χ2v) is 6.61. The Morgan fingerprint density at radius 3 is 2.17 bits per heavy atom. The zero-order valence-corrected chi connectivity index (χ0v) is 15.7. The van der Waals surface area contributed by atoms with E-state index in [-0.39, 0.29) is 11.4 Å². The molecule has 0 aliphatic carbocycles. The molecule has 148 valence electrons. The third-order valence-electron chi connectivity index (χ3n) is 4.67. The van der Waals surface area contributed by atoms with E-state index in [2.05, 4.69) is 20.6 Å². The van der Waals surface area contributed by atoms with Crippen LogP contribution in [0.5, 0.6) is 0 Å². The van der Waals surface area contributed by atoms with Crippen LogP contribution < -0.4 is 27.2 Å². The summed E-state index contributed by atoms with van der Waals surface area (Å²) in [6.45, 7) is 0. The summed E-state index contributed by atoms with van der Waals surface area (Å²) in [6, 6.07) is 13.2. The lowest BCUT2D eigenvalue weighted by Crippen LogP contribution is -2.39. The van der Waals surface area contributed by atoms with Crippen LogP contribution in [0.4, 0.5) is 17.1 Å². The summed E-state index contributed by atoms with van der Waals surface area (Å²) in [4.78, 5) is 44.2. The lowest BCUT2D eigenvalue weighted by molar-refractivity contribution is -0.118. The van der Waals surface area contributed by atoms with Crippen molar-refractivity contribution in [3.05, 3.63) is 99.3 Å². The number of primary amides is 1. The van der Waals surface area contributed by atoms with E-state index in [1.54, 1.807) is 49.1 Å². The molecular weight excluding hydrogens is 382 g/mol. The Kier molecular flexibility index (Phi) is 5.04. The molecule has 4 rings (SSSR count). The first-order chi connectivity index (χ1) is 14.5. The molecule has 1 unspecified atom stereocenters. The molecule has 2 heterocycles. The van der Waals surface area contributed by atoms with Gasteiger partial charge < -0.3 is 16.4 Å². The minimum Gasteiger partial charge on any atom is -0.368 e. The lowest BCUT2D eigenvalue weighted by Gasteiger charge is -2.21. The van der Waals surface area contributed by atoms with Crippen LogP contribution in [0.3, 0.4) is 0 Å². The van der Waals surface area contributed by atoms with Gasteiger partial charge in [-0.05, 0) is 34.9 Å². The molecule has 2 aromatic carbocycles. The number of hydrogen-bond donors (Lipinski definition) is 3. The zero-order valence-electron chi connectivity index (χ0n) is 15.7. The van der Waals surface area contributed by atoms with Crippen LogP contribution in [0, 0.1) is 0 Å². The van der Waals surface area contributed by atoms with Gasteiger partial charge in [0, 0.05) is 30.5 Å². The monoisotopic (exact) mass is 399 g/mol. The maximum absolute atomic E-state index is 12.1. The summed E-state index contributed by atoms with van der Waals surface area (Å²) in [7, 11) is 0. The largest absolute Gasteiger partial charge is 0.368 e. The molecule has 0 saturated carbocycles. The summed E-state index contributed by atoms with van der Waals surface area (Å²) in [6.07, 6.45) is 6.53. The quantitative estimate of drug-likeness (QED) is 0.406. The van der Waals surface area contributed by atoms with E-state index in [0.717, 1.165) is 11.1 Å². The average molecular weight is 399 g/mol. The average Bonchev–Trinajstić information content (AvgIpc) is 2.79. The van der Waals surface area contributed by atoms with E-state index >= 15 is 0 Å². The van der Waals surface area contributed by atoms with Crippen molar-refractivity contribution < 1.29 is 4.79 Å². The van der Waals surface area contributed by atoms with Crippen molar-refractivity contribution in [3.63, 3.8) is 0 Å². The lowest BCUT2D eigenvalue weighted by atomic mass is 10.0. The van der Waals surface area contributed by atoms with Crippen LogP contribution >= 0.6 is 0 Å². The molecule has 4 aromatic rings. The van der Waals surface area contributed by atoms with Crippen LogP contribution in [0.2, 0.25) is 0 Å². The summed E-state index contributed by atoms with van der Waals surface area (Å²) >= 11 is 0. The van der Waals surface area contributed by atoms with Gasteiger partial charge in [0.25, 0.3) is 10.9 Å². The zero-order chi connectivity index (χ0) is 21.1. The smallest absolute Gasteiger partial charge is 0.253 e. The highest BCUT2D eigenvalue weighted by Gasteiger charge is 2.26. The second kappa shape index (κ2) is 7.96. The third-order valence-corrected chi connectivity index (χ3v) is 4.67. The highest BCUT2D eigenvalue weighted by atomic mass is 16.2. The molecule has 0 radical (unpaired) electrons. The van der Waals surface area contributed by atoms with E-state index in [1.165, 1.54) is 0 Å². The van der Waals surface area contributed by atoms with Crippen molar-refractivity contribution in [2.75, 3.05) is 10.6 Å². The Morgan fingerprint density at radius 2 is 1.53 bits per heavy atom. The van der Waals surface area contributed by atoms with Gasteiger partial charge in [-0.25, -0.2) is 0 Å². The SMILES string of the molecule is NC(=O)C(Nc1c(Nc2ccncc2)c(=O)c1=O)c1ccc(-c2cccnc2)cc1. The molecule has 0 saturated heterocycles. The van der Waals surface area contributed by atoms with Gasteiger partial charge in [-0.15, -0.1) is 0 Å². The topological polar surface area (TPSA) is 127 Å². The molecule has 0 bridgehead atoms. The number of rotatable bonds is 7. The predicted molar refractivity (Wildman–Crippen MR) is 114 cm³/mol. The number of hydrogen-bond acceptors (Lipinski definition) is 7. The van der Waals surface area contributed by atoms with Gasteiger partial charge in [-0.3, -0.25) is 24.4 Å².